The number of hydrogen-bond donors (Lipinski definition) is 2. The van der Waals surface area contributed by atoms with E-state index in [1.165, 1.54) is 6.08 Å². The van der Waals surface area contributed by atoms with Gasteiger partial charge in [-0.25, -0.2) is 9.48 Å². The molecule has 0 saturated carbocycles. The number of aryl methyl sites for hydroxylation is 1. The van der Waals surface area contributed by atoms with E-state index in [2.05, 4.69) is 46.1 Å². The predicted octanol–water partition coefficient (Wildman–Crippen LogP) is 6.93. The number of hydrogen-bond acceptors (Lipinski definition) is 4. The molecule has 4 aromatic carbocycles. The topological polar surface area (TPSA) is 94.0 Å². The molecule has 6 heteroatoms. The monoisotopic (exact) mass is 536 g/mol. The van der Waals surface area contributed by atoms with Crippen LogP contribution in [0.1, 0.15) is 27.9 Å². The Kier molecular flexibility index (Phi) is 6.65. The zero-order chi connectivity index (χ0) is 28.4. The molecule has 3 N–H and O–H groups in total. The third-order valence-electron chi connectivity index (χ3n) is 7.35. The molecule has 2 heterocycles. The average Bonchev–Trinajstić information content (AvgIpc) is 3.36. The Morgan fingerprint density at radius 3 is 1.90 bits per heavy atom. The van der Waals surface area contributed by atoms with Crippen molar-refractivity contribution in [1.29, 1.82) is 0 Å². The molecule has 6 nitrogen and oxygen atoms in total. The van der Waals surface area contributed by atoms with Crippen molar-refractivity contribution in [3.05, 3.63) is 155 Å². The van der Waals surface area contributed by atoms with Crippen LogP contribution in [-0.4, -0.2) is 25.8 Å². The summed E-state index contributed by atoms with van der Waals surface area (Å²) in [7, 11) is 0. The molecule has 200 valence electrons. The van der Waals surface area contributed by atoms with Crippen molar-refractivity contribution >= 4 is 28.6 Å². The van der Waals surface area contributed by atoms with Gasteiger partial charge in [0.25, 0.3) is 0 Å². The van der Waals surface area contributed by atoms with E-state index in [9.17, 15) is 9.90 Å². The van der Waals surface area contributed by atoms with Crippen molar-refractivity contribution < 1.29 is 9.90 Å². The summed E-state index contributed by atoms with van der Waals surface area (Å²) >= 11 is 0. The van der Waals surface area contributed by atoms with Crippen LogP contribution >= 0.6 is 0 Å². The molecule has 41 heavy (non-hydrogen) atoms. The summed E-state index contributed by atoms with van der Waals surface area (Å²) in [5, 5.41) is 15.5. The van der Waals surface area contributed by atoms with E-state index in [1.54, 1.807) is 6.20 Å². The molecular formula is C35H28N4O2. The van der Waals surface area contributed by atoms with E-state index in [0.717, 1.165) is 50.6 Å². The third kappa shape index (κ3) is 4.55. The summed E-state index contributed by atoms with van der Waals surface area (Å²) in [5.74, 6) is -1.04. The van der Waals surface area contributed by atoms with Gasteiger partial charge < -0.3 is 10.8 Å². The van der Waals surface area contributed by atoms with Gasteiger partial charge in [0.15, 0.2) is 0 Å². The number of nitrogens with two attached hydrogens (primary N) is 1. The third-order valence-corrected chi connectivity index (χ3v) is 7.35. The Balaban J connectivity index is 1.79. The smallest absolute Gasteiger partial charge is 0.328 e. The second kappa shape index (κ2) is 10.6. The van der Waals surface area contributed by atoms with E-state index in [0.29, 0.717) is 11.3 Å². The molecule has 0 spiro atoms. The normalized spacial score (nSPS) is 11.7. The summed E-state index contributed by atoms with van der Waals surface area (Å²) in [5.41, 5.74) is 13.2. The molecular weight excluding hydrogens is 508 g/mol. The van der Waals surface area contributed by atoms with Crippen molar-refractivity contribution in [2.24, 2.45) is 0 Å². The van der Waals surface area contributed by atoms with Crippen LogP contribution in [0, 0.1) is 6.92 Å². The SMILES string of the molecule is Cc1cc(-c2nn(C(c3ccccc3)(c3ccccc3)c3ccccc3)c3cc(N)c(C=CC(=O)O)cc23)ccn1. The number of fused-ring (bicyclic) bond motifs is 1. The molecule has 0 bridgehead atoms. The molecule has 2 aromatic heterocycles. The molecule has 0 unspecified atom stereocenters. The molecule has 0 aliphatic heterocycles. The van der Waals surface area contributed by atoms with E-state index >= 15 is 0 Å². The highest BCUT2D eigenvalue weighted by molar-refractivity contribution is 5.99. The summed E-state index contributed by atoms with van der Waals surface area (Å²) in [6.07, 6.45) is 4.40. The number of carbonyl (C=O) groups is 1. The Labute approximate surface area is 238 Å². The van der Waals surface area contributed by atoms with E-state index in [1.807, 2.05) is 85.8 Å². The molecule has 0 fully saturated rings. The number of nitrogen functional groups attached to an aromatic ring is 1. The number of nitrogens with zero attached hydrogens (tertiary/aromatic N) is 3. The second-order valence-corrected chi connectivity index (χ2v) is 9.92. The first kappa shape index (κ1) is 25.8. The minimum Gasteiger partial charge on any atom is -0.478 e. The largest absolute Gasteiger partial charge is 0.478 e. The van der Waals surface area contributed by atoms with Crippen LogP contribution in [0.4, 0.5) is 5.69 Å². The van der Waals surface area contributed by atoms with E-state index in [4.69, 9.17) is 10.8 Å². The van der Waals surface area contributed by atoms with Crippen molar-refractivity contribution in [1.82, 2.24) is 14.8 Å². The Morgan fingerprint density at radius 2 is 1.39 bits per heavy atom. The summed E-state index contributed by atoms with van der Waals surface area (Å²) < 4.78 is 2.06. The summed E-state index contributed by atoms with van der Waals surface area (Å²) in [6, 6.07) is 38.8. The minimum atomic E-state index is -1.04. The fourth-order valence-corrected chi connectivity index (χ4v) is 5.57. The first-order valence-electron chi connectivity index (χ1n) is 13.3. The first-order chi connectivity index (χ1) is 20.0. The molecule has 0 amide bonds. The van der Waals surface area contributed by atoms with Crippen LogP contribution in [0.3, 0.4) is 0 Å². The van der Waals surface area contributed by atoms with Crippen LogP contribution < -0.4 is 5.73 Å². The number of anilines is 1. The lowest BCUT2D eigenvalue weighted by Gasteiger charge is -2.37. The highest BCUT2D eigenvalue weighted by Gasteiger charge is 2.41. The second-order valence-electron chi connectivity index (χ2n) is 9.92. The highest BCUT2D eigenvalue weighted by atomic mass is 16.4. The lowest BCUT2D eigenvalue weighted by molar-refractivity contribution is -0.131. The Morgan fingerprint density at radius 1 is 0.829 bits per heavy atom. The van der Waals surface area contributed by atoms with Gasteiger partial charge in [0, 0.05) is 34.6 Å². The van der Waals surface area contributed by atoms with Gasteiger partial charge >= 0.3 is 5.97 Å². The van der Waals surface area contributed by atoms with Gasteiger partial charge in [-0.05, 0) is 59.5 Å². The van der Waals surface area contributed by atoms with Crippen molar-refractivity contribution in [2.45, 2.75) is 12.5 Å². The summed E-state index contributed by atoms with van der Waals surface area (Å²) in [4.78, 5) is 15.7. The molecule has 0 saturated heterocycles. The Bertz CT molecular complexity index is 1780. The maximum Gasteiger partial charge on any atom is 0.328 e. The van der Waals surface area contributed by atoms with Crippen LogP contribution in [0.15, 0.2) is 128 Å². The van der Waals surface area contributed by atoms with Crippen LogP contribution in [0.25, 0.3) is 28.2 Å². The fraction of sp³-hybridized carbons (Fsp3) is 0.0571. The zero-order valence-electron chi connectivity index (χ0n) is 22.5. The van der Waals surface area contributed by atoms with E-state index in [-0.39, 0.29) is 0 Å². The number of pyridine rings is 1. The van der Waals surface area contributed by atoms with Gasteiger partial charge in [0.1, 0.15) is 11.2 Å². The maximum atomic E-state index is 11.3. The van der Waals surface area contributed by atoms with Crippen molar-refractivity contribution in [3.63, 3.8) is 0 Å². The number of benzene rings is 4. The number of aliphatic carboxylic acids is 1. The van der Waals surface area contributed by atoms with E-state index < -0.39 is 11.5 Å². The lowest BCUT2D eigenvalue weighted by atomic mass is 9.77. The fourth-order valence-electron chi connectivity index (χ4n) is 5.57. The van der Waals surface area contributed by atoms with Crippen LogP contribution in [-0.2, 0) is 10.3 Å². The van der Waals surface area contributed by atoms with Gasteiger partial charge in [0.2, 0.25) is 0 Å². The van der Waals surface area contributed by atoms with Gasteiger partial charge in [-0.2, -0.15) is 5.10 Å². The average molecular weight is 537 g/mol. The quantitative estimate of drug-likeness (QED) is 0.131. The van der Waals surface area contributed by atoms with Gasteiger partial charge in [0.05, 0.1) is 5.52 Å². The molecule has 0 radical (unpaired) electrons. The molecule has 0 atom stereocenters. The molecule has 6 aromatic rings. The number of carboxylic acids is 1. The van der Waals surface area contributed by atoms with Crippen LogP contribution in [0.5, 0.6) is 0 Å². The molecule has 0 aliphatic carbocycles. The van der Waals surface area contributed by atoms with Gasteiger partial charge in [-0.1, -0.05) is 91.0 Å². The van der Waals surface area contributed by atoms with Gasteiger partial charge in [-0.3, -0.25) is 4.98 Å². The lowest BCUT2D eigenvalue weighted by Crippen LogP contribution is -2.38. The maximum absolute atomic E-state index is 11.3. The molecule has 6 rings (SSSR count). The summed E-state index contributed by atoms with van der Waals surface area (Å²) in [6.45, 7) is 1.95. The van der Waals surface area contributed by atoms with Crippen LogP contribution in [0.2, 0.25) is 0 Å². The van der Waals surface area contributed by atoms with Gasteiger partial charge in [-0.15, -0.1) is 0 Å². The minimum absolute atomic E-state index is 0.455. The standard InChI is InChI=1S/C35H28N4O2/c1-24-21-26(19-20-37-24)34-30-22-25(17-18-33(40)41)31(36)23-32(30)39(38-34)35(27-11-5-2-6-12-27,28-13-7-3-8-14-28)29-15-9-4-10-16-29/h2-23H,36H2,1H3,(H,40,41). The Hall–Kier alpha value is -5.49. The molecule has 0 aliphatic rings. The zero-order valence-corrected chi connectivity index (χ0v) is 22.5. The van der Waals surface area contributed by atoms with Crippen molar-refractivity contribution in [3.8, 4) is 11.3 Å². The van der Waals surface area contributed by atoms with Crippen molar-refractivity contribution in [2.75, 3.05) is 5.73 Å². The number of carboxylic acid groups (broad SMARTS) is 1. The highest BCUT2D eigenvalue weighted by Crippen LogP contribution is 2.44. The number of aromatic nitrogens is 3. The number of rotatable bonds is 7. The first-order valence-corrected chi connectivity index (χ1v) is 13.3. The predicted molar refractivity (Wildman–Crippen MR) is 163 cm³/mol.